The molecule has 0 aromatic heterocycles. The lowest BCUT2D eigenvalue weighted by Crippen LogP contribution is -2.49. The second kappa shape index (κ2) is 17.8. The minimum atomic E-state index is -0.760. The Morgan fingerprint density at radius 2 is 1.19 bits per heavy atom. The molecule has 0 aliphatic heterocycles. The monoisotopic (exact) mass is 698 g/mol. The molecule has 0 atom stereocenters. The second-order valence-corrected chi connectivity index (χ2v) is 13.1. The smallest absolute Gasteiger partial charge is 0.343 e. The van der Waals surface area contributed by atoms with E-state index < -0.39 is 11.5 Å². The van der Waals surface area contributed by atoms with E-state index in [1.54, 1.807) is 7.11 Å². The van der Waals surface area contributed by atoms with E-state index in [4.69, 9.17) is 14.8 Å². The molecule has 1 N–H and O–H groups in total. The Labute approximate surface area is 306 Å². The van der Waals surface area contributed by atoms with Gasteiger partial charge >= 0.3 is 5.97 Å². The molecule has 1 aliphatic rings. The van der Waals surface area contributed by atoms with Crippen molar-refractivity contribution in [3.8, 4) is 16.9 Å². The van der Waals surface area contributed by atoms with E-state index in [1.807, 2.05) is 48.5 Å². The highest BCUT2D eigenvalue weighted by Crippen LogP contribution is 2.45. The highest BCUT2D eigenvalue weighted by Gasteiger charge is 2.42. The molecule has 1 amide bonds. The van der Waals surface area contributed by atoms with E-state index in [9.17, 15) is 9.59 Å². The molecule has 0 fully saturated rings. The number of rotatable bonds is 19. The predicted octanol–water partition coefficient (Wildman–Crippen LogP) is 8.46. The van der Waals surface area contributed by atoms with E-state index in [1.165, 1.54) is 27.3 Å². The summed E-state index contributed by atoms with van der Waals surface area (Å²) in [4.78, 5) is 36.9. The average molecular weight is 699 g/mol. The maximum atomic E-state index is 12.3. The Morgan fingerprint density at radius 3 is 1.73 bits per heavy atom. The third-order valence-corrected chi connectivity index (χ3v) is 10.1. The lowest BCUT2D eigenvalue weighted by Gasteiger charge is -2.46. The summed E-state index contributed by atoms with van der Waals surface area (Å²) in [6.07, 6.45) is 4.20. The van der Waals surface area contributed by atoms with Crippen molar-refractivity contribution in [2.75, 3.05) is 33.4 Å². The number of benzene rings is 5. The number of unbranched alkanes of at least 4 members (excludes halogenated alkanes) is 3. The molecule has 0 radical (unpaired) electrons. The molecule has 1 aliphatic carbocycles. The van der Waals surface area contributed by atoms with Gasteiger partial charge in [0.05, 0.1) is 25.7 Å². The molecule has 5 aromatic rings. The highest BCUT2D eigenvalue weighted by atomic mass is 17.1. The molecule has 0 heterocycles. The zero-order chi connectivity index (χ0) is 36.2. The Hall–Kier alpha value is -5.28. The minimum absolute atomic E-state index is 0.00957. The van der Waals surface area contributed by atoms with E-state index in [2.05, 4.69) is 94.7 Å². The molecule has 0 saturated carbocycles. The maximum Gasteiger partial charge on any atom is 0.343 e. The summed E-state index contributed by atoms with van der Waals surface area (Å²) >= 11 is 0. The minimum Gasteiger partial charge on any atom is -0.497 e. The van der Waals surface area contributed by atoms with Crippen LogP contribution in [-0.2, 0) is 24.9 Å². The average Bonchev–Trinajstić information content (AvgIpc) is 3.53. The number of hydroxylamine groups is 2. The second-order valence-electron chi connectivity index (χ2n) is 13.1. The largest absolute Gasteiger partial charge is 0.497 e. The number of carbonyl (C=O) groups is 2. The van der Waals surface area contributed by atoms with Crippen molar-refractivity contribution < 1.29 is 29.3 Å². The molecule has 8 nitrogen and oxygen atoms in total. The summed E-state index contributed by atoms with van der Waals surface area (Å²) in [5.41, 5.74) is 7.26. The van der Waals surface area contributed by atoms with E-state index in [0.29, 0.717) is 26.2 Å². The van der Waals surface area contributed by atoms with Gasteiger partial charge in [-0.25, -0.2) is 9.86 Å². The zero-order valence-corrected chi connectivity index (χ0v) is 29.6. The van der Waals surface area contributed by atoms with Crippen LogP contribution in [0.4, 0.5) is 0 Å². The number of carbonyl (C=O) groups excluding carboxylic acids is 2. The van der Waals surface area contributed by atoms with Crippen LogP contribution in [0.5, 0.6) is 5.75 Å². The summed E-state index contributed by atoms with van der Waals surface area (Å²) < 4.78 is 5.51. The zero-order valence-electron chi connectivity index (χ0n) is 29.6. The molecule has 5 aromatic carbocycles. The molecular formula is C44H46N2O6. The van der Waals surface area contributed by atoms with E-state index >= 15 is 0 Å². The molecular weight excluding hydrogens is 652 g/mol. The number of nitrogens with zero attached hydrogens (tertiary/aromatic N) is 2. The third kappa shape index (κ3) is 7.95. The van der Waals surface area contributed by atoms with Gasteiger partial charge in [-0.05, 0) is 70.5 Å². The summed E-state index contributed by atoms with van der Waals surface area (Å²) in [5.74, 6) is 0.137. The number of ether oxygens (including phenoxy) is 1. The van der Waals surface area contributed by atoms with Crippen LogP contribution in [0.15, 0.2) is 133 Å². The third-order valence-electron chi connectivity index (χ3n) is 10.1. The first-order chi connectivity index (χ1) is 25.6. The molecule has 268 valence electrons. The van der Waals surface area contributed by atoms with Gasteiger partial charge in [-0.3, -0.25) is 14.5 Å². The molecule has 52 heavy (non-hydrogen) atoms. The number of fused-ring (bicyclic) bond motifs is 3. The number of methoxy groups -OCH3 is 1. The molecule has 0 saturated heterocycles. The molecule has 0 bridgehead atoms. The van der Waals surface area contributed by atoms with Crippen LogP contribution in [0.2, 0.25) is 0 Å². The van der Waals surface area contributed by atoms with Gasteiger partial charge in [-0.1, -0.05) is 134 Å². The van der Waals surface area contributed by atoms with Gasteiger partial charge in [0.25, 0.3) is 0 Å². The number of amides is 1. The van der Waals surface area contributed by atoms with E-state index in [0.717, 1.165) is 54.5 Å². The Morgan fingerprint density at radius 1 is 0.673 bits per heavy atom. The quantitative estimate of drug-likeness (QED) is 0.0304. The fourth-order valence-electron chi connectivity index (χ4n) is 7.64. The van der Waals surface area contributed by atoms with Crippen molar-refractivity contribution in [2.24, 2.45) is 0 Å². The molecule has 8 heteroatoms. The Kier molecular flexibility index (Phi) is 12.5. The molecule has 0 unspecified atom stereocenters. The summed E-state index contributed by atoms with van der Waals surface area (Å²) in [6, 6.07) is 45.4. The first kappa shape index (κ1) is 36.5. The van der Waals surface area contributed by atoms with Crippen molar-refractivity contribution in [3.05, 3.63) is 161 Å². The topological polar surface area (TPSA) is 88.5 Å². The van der Waals surface area contributed by atoms with Crippen molar-refractivity contribution in [2.45, 2.75) is 43.6 Å². The van der Waals surface area contributed by atoms with E-state index in [-0.39, 0.29) is 12.3 Å². The van der Waals surface area contributed by atoms with Gasteiger partial charge in [-0.2, -0.15) is 5.26 Å². The maximum absolute atomic E-state index is 12.3. The van der Waals surface area contributed by atoms with Crippen LogP contribution in [0.3, 0.4) is 0 Å². The van der Waals surface area contributed by atoms with Crippen LogP contribution in [0.1, 0.15) is 65.8 Å². The first-order valence-electron chi connectivity index (χ1n) is 18.0. The van der Waals surface area contributed by atoms with Gasteiger partial charge in [0.15, 0.2) is 0 Å². The van der Waals surface area contributed by atoms with Crippen molar-refractivity contribution in [1.29, 1.82) is 0 Å². The van der Waals surface area contributed by atoms with Crippen molar-refractivity contribution >= 4 is 12.4 Å². The van der Waals surface area contributed by atoms with Crippen LogP contribution in [0.25, 0.3) is 11.1 Å². The van der Waals surface area contributed by atoms with Gasteiger partial charge < -0.3 is 9.62 Å². The molecule has 6 rings (SSSR count). The standard InChI is InChI=1S/C44H46N2O6/c1-50-37-26-24-36(25-27-37)44(34-16-6-4-7-17-34,35-18-8-5-9-19-35)45(31-28-43(48)52-49)29-14-2-3-15-30-46(33-47)51-32-42-40-22-12-10-20-38(40)39-21-11-13-23-41(39)42/h4-13,16-27,33,42,49H,2-3,14-15,28-32H2,1H3. The fraction of sp³-hybridized carbons (Fsp3) is 0.273. The summed E-state index contributed by atoms with van der Waals surface area (Å²) in [6.45, 7) is 1.89. The Bertz CT molecular complexity index is 1800. The lowest BCUT2D eigenvalue weighted by atomic mass is 9.75. The first-order valence-corrected chi connectivity index (χ1v) is 18.0. The van der Waals surface area contributed by atoms with Gasteiger partial charge in [0, 0.05) is 19.0 Å². The lowest BCUT2D eigenvalue weighted by molar-refractivity contribution is -0.234. The number of hydrogen-bond acceptors (Lipinski definition) is 7. The van der Waals surface area contributed by atoms with Gasteiger partial charge in [0.2, 0.25) is 6.41 Å². The predicted molar refractivity (Wildman–Crippen MR) is 202 cm³/mol. The van der Waals surface area contributed by atoms with Crippen LogP contribution in [-0.4, -0.2) is 61.0 Å². The summed E-state index contributed by atoms with van der Waals surface area (Å²) in [5, 5.41) is 10.6. The van der Waals surface area contributed by atoms with Crippen LogP contribution >= 0.6 is 0 Å². The Balaban J connectivity index is 1.15. The van der Waals surface area contributed by atoms with Crippen molar-refractivity contribution in [3.63, 3.8) is 0 Å². The van der Waals surface area contributed by atoms with Crippen LogP contribution < -0.4 is 4.74 Å². The normalized spacial score (nSPS) is 12.3. The van der Waals surface area contributed by atoms with Crippen LogP contribution in [0, 0.1) is 0 Å². The highest BCUT2D eigenvalue weighted by molar-refractivity contribution is 5.78. The molecule has 0 spiro atoms. The number of hydrogen-bond donors (Lipinski definition) is 1. The fourth-order valence-corrected chi connectivity index (χ4v) is 7.64. The van der Waals surface area contributed by atoms with Crippen molar-refractivity contribution in [1.82, 2.24) is 9.96 Å². The SMILES string of the molecule is COc1ccc(C(c2ccccc2)(c2ccccc2)N(CCCCCCN(C=O)OCC2c3ccccc3-c3ccccc32)CCC(=O)OO)cc1. The van der Waals surface area contributed by atoms with Gasteiger partial charge in [0.1, 0.15) is 5.75 Å². The van der Waals surface area contributed by atoms with Gasteiger partial charge in [-0.15, -0.1) is 0 Å². The summed E-state index contributed by atoms with van der Waals surface area (Å²) in [7, 11) is 1.65.